The summed E-state index contributed by atoms with van der Waals surface area (Å²) in [6.45, 7) is 12.1. The Morgan fingerprint density at radius 2 is 1.29 bits per heavy atom. The number of hydrogen-bond donors (Lipinski definition) is 0. The first-order chi connectivity index (χ1) is 14.6. The van der Waals surface area contributed by atoms with Crippen LogP contribution in [0.2, 0.25) is 0 Å². The summed E-state index contributed by atoms with van der Waals surface area (Å²) in [5.74, 6) is 1.35. The Balaban J connectivity index is 1.86. The minimum Gasteiger partial charge on any atom is -0.488 e. The number of rotatable bonds is 6. The number of carbonyl (C=O) groups is 1. The maximum Gasteiger partial charge on any atom is 0.316 e. The van der Waals surface area contributed by atoms with Crippen molar-refractivity contribution in [1.82, 2.24) is 0 Å². The molecule has 2 aromatic carbocycles. The normalized spacial score (nSPS) is 16.6. The minimum atomic E-state index is -0.472. The van der Waals surface area contributed by atoms with Crippen LogP contribution in [0.4, 0.5) is 0 Å². The third-order valence-electron chi connectivity index (χ3n) is 6.59. The predicted octanol–water partition coefficient (Wildman–Crippen LogP) is 7.46. The molecule has 1 aliphatic rings. The van der Waals surface area contributed by atoms with E-state index >= 15 is 0 Å². The zero-order valence-corrected chi connectivity index (χ0v) is 20.1. The Hall–Kier alpha value is -2.29. The first-order valence-corrected chi connectivity index (χ1v) is 11.7. The van der Waals surface area contributed by atoms with Gasteiger partial charge < -0.3 is 9.47 Å². The number of carbonyl (C=O) groups excluding carboxylic acids is 1. The van der Waals surface area contributed by atoms with E-state index in [2.05, 4.69) is 57.2 Å². The highest BCUT2D eigenvalue weighted by Crippen LogP contribution is 2.45. The average Bonchev–Trinajstić information content (AvgIpc) is 2.74. The van der Waals surface area contributed by atoms with Gasteiger partial charge >= 0.3 is 5.97 Å². The van der Waals surface area contributed by atoms with Gasteiger partial charge in [0.05, 0.1) is 5.41 Å². The van der Waals surface area contributed by atoms with Gasteiger partial charge in [-0.1, -0.05) is 50.5 Å². The number of esters is 1. The van der Waals surface area contributed by atoms with Crippen molar-refractivity contribution >= 4 is 5.97 Å². The SMILES string of the molecule is CCC(C)(C)C(=O)Oc1ccc(C2(c3ccc(OC(C)(C)C)cc3)CCCCC2)cc1. The smallest absolute Gasteiger partial charge is 0.316 e. The van der Waals surface area contributed by atoms with Gasteiger partial charge in [0.25, 0.3) is 0 Å². The van der Waals surface area contributed by atoms with Crippen molar-refractivity contribution in [1.29, 1.82) is 0 Å². The predicted molar refractivity (Wildman–Crippen MR) is 127 cm³/mol. The van der Waals surface area contributed by atoms with Crippen molar-refractivity contribution in [3.05, 3.63) is 59.7 Å². The molecule has 0 amide bonds. The van der Waals surface area contributed by atoms with Crippen LogP contribution in [0.5, 0.6) is 11.5 Å². The zero-order valence-electron chi connectivity index (χ0n) is 20.1. The molecule has 0 heterocycles. The van der Waals surface area contributed by atoms with Gasteiger partial charge in [0.1, 0.15) is 17.1 Å². The van der Waals surface area contributed by atoms with E-state index in [1.165, 1.54) is 30.4 Å². The summed E-state index contributed by atoms with van der Waals surface area (Å²) in [5.41, 5.74) is 1.96. The van der Waals surface area contributed by atoms with Gasteiger partial charge in [-0.2, -0.15) is 0 Å². The second-order valence-electron chi connectivity index (χ2n) is 10.5. The van der Waals surface area contributed by atoms with Crippen LogP contribution in [0.15, 0.2) is 48.5 Å². The second-order valence-corrected chi connectivity index (χ2v) is 10.5. The number of hydrogen-bond acceptors (Lipinski definition) is 3. The molecule has 2 aromatic rings. The van der Waals surface area contributed by atoms with Gasteiger partial charge in [-0.25, -0.2) is 0 Å². The Labute approximate surface area is 188 Å². The van der Waals surface area contributed by atoms with Crippen LogP contribution >= 0.6 is 0 Å². The van der Waals surface area contributed by atoms with E-state index in [0.29, 0.717) is 5.75 Å². The van der Waals surface area contributed by atoms with Gasteiger partial charge in [0, 0.05) is 5.41 Å². The van der Waals surface area contributed by atoms with Crippen LogP contribution in [0.1, 0.15) is 91.2 Å². The lowest BCUT2D eigenvalue weighted by Crippen LogP contribution is -2.31. The highest BCUT2D eigenvalue weighted by Gasteiger charge is 2.36. The summed E-state index contributed by atoms with van der Waals surface area (Å²) >= 11 is 0. The van der Waals surface area contributed by atoms with Gasteiger partial charge in [-0.3, -0.25) is 4.79 Å². The van der Waals surface area contributed by atoms with Crippen LogP contribution in [0.3, 0.4) is 0 Å². The first-order valence-electron chi connectivity index (χ1n) is 11.7. The first kappa shape index (κ1) is 23.4. The summed E-state index contributed by atoms with van der Waals surface area (Å²) in [4.78, 5) is 12.4. The van der Waals surface area contributed by atoms with E-state index in [-0.39, 0.29) is 17.0 Å². The second kappa shape index (κ2) is 9.06. The van der Waals surface area contributed by atoms with E-state index in [0.717, 1.165) is 25.0 Å². The van der Waals surface area contributed by atoms with Crippen LogP contribution in [0, 0.1) is 5.41 Å². The third-order valence-corrected chi connectivity index (χ3v) is 6.59. The molecule has 0 saturated heterocycles. The van der Waals surface area contributed by atoms with Crippen molar-refractivity contribution < 1.29 is 14.3 Å². The van der Waals surface area contributed by atoms with Crippen molar-refractivity contribution in [3.8, 4) is 11.5 Å². The molecule has 0 aromatic heterocycles. The highest BCUT2D eigenvalue weighted by atomic mass is 16.5. The minimum absolute atomic E-state index is 0.00371. The Bertz CT molecular complexity index is 864. The fourth-order valence-corrected chi connectivity index (χ4v) is 4.33. The van der Waals surface area contributed by atoms with Gasteiger partial charge in [-0.05, 0) is 89.3 Å². The number of benzene rings is 2. The lowest BCUT2D eigenvalue weighted by molar-refractivity contribution is -0.144. The molecule has 1 aliphatic carbocycles. The van der Waals surface area contributed by atoms with Crippen LogP contribution in [-0.4, -0.2) is 11.6 Å². The van der Waals surface area contributed by atoms with Crippen molar-refractivity contribution in [2.75, 3.05) is 0 Å². The number of ether oxygens (including phenoxy) is 2. The lowest BCUT2D eigenvalue weighted by Gasteiger charge is -2.39. The molecule has 31 heavy (non-hydrogen) atoms. The maximum atomic E-state index is 12.4. The molecule has 1 saturated carbocycles. The van der Waals surface area contributed by atoms with Crippen molar-refractivity contribution in [2.24, 2.45) is 5.41 Å². The van der Waals surface area contributed by atoms with Crippen molar-refractivity contribution in [2.45, 2.75) is 91.1 Å². The molecular formula is C28H38O3. The molecule has 0 radical (unpaired) electrons. The molecule has 0 aliphatic heterocycles. The maximum absolute atomic E-state index is 12.4. The molecule has 0 unspecified atom stereocenters. The highest BCUT2D eigenvalue weighted by molar-refractivity contribution is 5.78. The standard InChI is InChI=1S/C28H38O3/c1-7-27(5,6)25(29)30-23-15-11-21(12-16-23)28(19-9-8-10-20-28)22-13-17-24(18-14-22)31-26(2,3)4/h11-18H,7-10,19-20H2,1-6H3. The summed E-state index contributed by atoms with van der Waals surface area (Å²) < 4.78 is 11.7. The van der Waals surface area contributed by atoms with E-state index < -0.39 is 5.41 Å². The molecule has 0 atom stereocenters. The van der Waals surface area contributed by atoms with Crippen molar-refractivity contribution in [3.63, 3.8) is 0 Å². The molecule has 0 bridgehead atoms. The van der Waals surface area contributed by atoms with E-state index in [4.69, 9.17) is 9.47 Å². The Kier molecular flexibility index (Phi) is 6.83. The zero-order chi connectivity index (χ0) is 22.7. The average molecular weight is 423 g/mol. The van der Waals surface area contributed by atoms with Crippen LogP contribution in [0.25, 0.3) is 0 Å². The fourth-order valence-electron chi connectivity index (χ4n) is 4.33. The molecule has 168 valence electrons. The summed E-state index contributed by atoms with van der Waals surface area (Å²) in [6.07, 6.45) is 6.75. The summed E-state index contributed by atoms with van der Waals surface area (Å²) in [5, 5.41) is 0. The van der Waals surface area contributed by atoms with Crippen LogP contribution < -0.4 is 9.47 Å². The van der Waals surface area contributed by atoms with Gasteiger partial charge in [0.2, 0.25) is 0 Å². The topological polar surface area (TPSA) is 35.5 Å². The van der Waals surface area contributed by atoms with E-state index in [1.54, 1.807) is 0 Å². The molecule has 3 rings (SSSR count). The lowest BCUT2D eigenvalue weighted by atomic mass is 9.65. The molecule has 0 N–H and O–H groups in total. The largest absolute Gasteiger partial charge is 0.488 e. The molecule has 1 fully saturated rings. The monoisotopic (exact) mass is 422 g/mol. The van der Waals surface area contributed by atoms with Gasteiger partial charge in [-0.15, -0.1) is 0 Å². The molecule has 3 heteroatoms. The Morgan fingerprint density at radius 1 is 0.806 bits per heavy atom. The van der Waals surface area contributed by atoms with Gasteiger partial charge in [0.15, 0.2) is 0 Å². The van der Waals surface area contributed by atoms with E-state index in [1.807, 2.05) is 32.9 Å². The fraction of sp³-hybridized carbons (Fsp3) is 0.536. The van der Waals surface area contributed by atoms with E-state index in [9.17, 15) is 4.79 Å². The Morgan fingerprint density at radius 3 is 1.74 bits per heavy atom. The molecular weight excluding hydrogens is 384 g/mol. The van der Waals surface area contributed by atoms with Crippen LogP contribution in [-0.2, 0) is 10.2 Å². The molecule has 0 spiro atoms. The summed E-state index contributed by atoms with van der Waals surface area (Å²) in [7, 11) is 0. The third kappa shape index (κ3) is 5.50. The summed E-state index contributed by atoms with van der Waals surface area (Å²) in [6, 6.07) is 16.8. The molecule has 3 nitrogen and oxygen atoms in total. The quantitative estimate of drug-likeness (QED) is 0.358.